The van der Waals surface area contributed by atoms with Crippen molar-refractivity contribution in [1.82, 2.24) is 5.32 Å². The zero-order valence-electron chi connectivity index (χ0n) is 17.6. The fourth-order valence-electron chi connectivity index (χ4n) is 2.28. The van der Waals surface area contributed by atoms with E-state index in [2.05, 4.69) is 5.32 Å². The number of carbonyl (C=O) groups is 1. The van der Waals surface area contributed by atoms with Crippen LogP contribution in [0.4, 0.5) is 4.79 Å². The summed E-state index contributed by atoms with van der Waals surface area (Å²) in [7, 11) is -5.56. The summed E-state index contributed by atoms with van der Waals surface area (Å²) in [6.45, 7) is 14.0. The van der Waals surface area contributed by atoms with Gasteiger partial charge in [0.05, 0.1) is 12.3 Å². The van der Waals surface area contributed by atoms with Gasteiger partial charge in [0.15, 0.2) is 0 Å². The maximum Gasteiger partial charge on any atom is 0.679 e. The molecule has 0 radical (unpaired) electrons. The molecule has 27 heavy (non-hydrogen) atoms. The van der Waals surface area contributed by atoms with Gasteiger partial charge in [0.25, 0.3) is 0 Å². The molecule has 0 aromatic heterocycles. The molecule has 0 bridgehead atoms. The van der Waals surface area contributed by atoms with E-state index in [9.17, 15) is 4.79 Å². The van der Waals surface area contributed by atoms with Crippen molar-refractivity contribution < 1.29 is 36.1 Å². The lowest BCUT2D eigenvalue weighted by atomic mass is 10.4. The Morgan fingerprint density at radius 3 is 1.78 bits per heavy atom. The van der Waals surface area contributed by atoms with E-state index < -0.39 is 30.2 Å². The summed E-state index contributed by atoms with van der Waals surface area (Å²) in [5, 5.41) is 2.70. The van der Waals surface area contributed by atoms with Crippen LogP contribution < -0.4 is 5.32 Å². The Bertz CT molecular complexity index is 355. The molecule has 0 aliphatic rings. The van der Waals surface area contributed by atoms with Gasteiger partial charge in [-0.3, -0.25) is 0 Å². The largest absolute Gasteiger partial charge is 0.679 e. The lowest BCUT2D eigenvalue weighted by Crippen LogP contribution is -2.56. The summed E-state index contributed by atoms with van der Waals surface area (Å²) >= 11 is 0. The molecule has 0 aliphatic carbocycles. The van der Waals surface area contributed by atoms with Crippen LogP contribution in [0.25, 0.3) is 0 Å². The fraction of sp³-hybridized carbons (Fsp3) is 0.938. The average molecular weight is 428 g/mol. The van der Waals surface area contributed by atoms with Crippen LogP contribution in [0.3, 0.4) is 0 Å². The first-order valence-corrected chi connectivity index (χ1v) is 13.0. The smallest absolute Gasteiger partial charge is 0.450 e. The second-order valence-electron chi connectivity index (χ2n) is 5.17. The molecule has 1 unspecified atom stereocenters. The van der Waals surface area contributed by atoms with Gasteiger partial charge >= 0.3 is 24.4 Å². The van der Waals surface area contributed by atoms with Gasteiger partial charge in [0.2, 0.25) is 0 Å². The molecule has 0 heterocycles. The topological polar surface area (TPSA) is 93.7 Å². The van der Waals surface area contributed by atoms with E-state index in [4.69, 9.17) is 31.3 Å². The van der Waals surface area contributed by atoms with Gasteiger partial charge in [-0.15, -0.1) is 0 Å². The molecule has 162 valence electrons. The minimum Gasteiger partial charge on any atom is -0.450 e. The zero-order chi connectivity index (χ0) is 20.5. The predicted molar refractivity (Wildman–Crippen MR) is 106 cm³/mol. The van der Waals surface area contributed by atoms with Crippen LogP contribution in [0, 0.1) is 0 Å². The summed E-state index contributed by atoms with van der Waals surface area (Å²) < 4.78 is 40.2. The van der Waals surface area contributed by atoms with Crippen molar-refractivity contribution >= 4 is 24.4 Å². The van der Waals surface area contributed by atoms with Crippen molar-refractivity contribution in [1.29, 1.82) is 0 Å². The molecule has 0 aromatic rings. The van der Waals surface area contributed by atoms with Gasteiger partial charge < -0.3 is 36.6 Å². The molecule has 0 spiro atoms. The minimum atomic E-state index is -3.34. The highest BCUT2D eigenvalue weighted by molar-refractivity contribution is 6.55. The summed E-state index contributed by atoms with van der Waals surface area (Å²) in [5.41, 5.74) is -0.414. The van der Waals surface area contributed by atoms with Gasteiger partial charge in [-0.05, 0) is 48.0 Å². The Morgan fingerprint density at radius 2 is 1.37 bits per heavy atom. The van der Waals surface area contributed by atoms with Crippen LogP contribution in [0.15, 0.2) is 0 Å². The van der Waals surface area contributed by atoms with Crippen LogP contribution in [-0.4, -0.2) is 76.3 Å². The van der Waals surface area contributed by atoms with Crippen LogP contribution in [0.1, 0.15) is 48.0 Å². The van der Waals surface area contributed by atoms with Crippen molar-refractivity contribution in [2.45, 2.75) is 53.7 Å². The highest BCUT2D eigenvalue weighted by Crippen LogP contribution is 2.19. The van der Waals surface area contributed by atoms with E-state index in [1.807, 2.05) is 34.6 Å². The van der Waals surface area contributed by atoms with Crippen molar-refractivity contribution in [3.63, 3.8) is 0 Å². The average Bonchev–Trinajstić information content (AvgIpc) is 2.62. The molecule has 0 rings (SSSR count). The van der Waals surface area contributed by atoms with E-state index in [0.717, 1.165) is 0 Å². The Kier molecular flexibility index (Phi) is 16.1. The third kappa shape index (κ3) is 11.1. The van der Waals surface area contributed by atoms with E-state index in [1.165, 1.54) is 0 Å². The van der Waals surface area contributed by atoms with Gasteiger partial charge in [-0.2, -0.15) is 0 Å². The highest BCUT2D eigenvalue weighted by Gasteiger charge is 2.49. The molecule has 1 amide bonds. The molecular weight excluding hydrogens is 390 g/mol. The predicted octanol–water partition coefficient (Wildman–Crippen LogP) is 1.89. The Morgan fingerprint density at radius 1 is 0.852 bits per heavy atom. The van der Waals surface area contributed by atoms with Crippen LogP contribution in [0.5, 0.6) is 0 Å². The standard InChI is InChI=1S/C16H37NO8Si2/c1-7-19-16(18)17-14-13-15(26(20-8-2)21-9-3)25-27(22-10-4,23-11-5)24-12-6/h15,26H,7-14H2,1-6H3,(H,17,18). The third-order valence-corrected chi connectivity index (χ3v) is 8.39. The molecular formula is C16H37NO8Si2. The number of rotatable bonds is 17. The summed E-state index contributed by atoms with van der Waals surface area (Å²) in [6.07, 6.45) is 0.00253. The first-order chi connectivity index (χ1) is 13.0. The maximum atomic E-state index is 11.5. The summed E-state index contributed by atoms with van der Waals surface area (Å²) in [5.74, 6) is 0. The van der Waals surface area contributed by atoms with Gasteiger partial charge in [0.1, 0.15) is 0 Å². The summed E-state index contributed by atoms with van der Waals surface area (Å²) in [4.78, 5) is 11.5. The second-order valence-corrected chi connectivity index (χ2v) is 9.42. The number of ether oxygens (including phenoxy) is 1. The van der Waals surface area contributed by atoms with Gasteiger partial charge in [0, 0.05) is 39.6 Å². The molecule has 0 aromatic carbocycles. The van der Waals surface area contributed by atoms with Gasteiger partial charge in [-0.1, -0.05) is 0 Å². The SMILES string of the molecule is CCOC(=O)NCCC(O[Si](OCC)(OCC)OCC)[SiH](OCC)OCC. The van der Waals surface area contributed by atoms with Crippen LogP contribution >= 0.6 is 0 Å². The minimum absolute atomic E-state index is 0.316. The first kappa shape index (κ1) is 26.5. The Labute approximate surface area is 166 Å². The number of hydrogen-bond donors (Lipinski definition) is 1. The van der Waals surface area contributed by atoms with Crippen molar-refractivity contribution in [3.8, 4) is 0 Å². The number of carbonyl (C=O) groups excluding carboxylic acids is 1. The van der Waals surface area contributed by atoms with Crippen LogP contribution in [0.2, 0.25) is 0 Å². The highest BCUT2D eigenvalue weighted by atomic mass is 28.4. The van der Waals surface area contributed by atoms with Crippen molar-refractivity contribution in [3.05, 3.63) is 0 Å². The van der Waals surface area contributed by atoms with E-state index in [1.54, 1.807) is 6.92 Å². The maximum absolute atomic E-state index is 11.5. The lowest BCUT2D eigenvalue weighted by molar-refractivity contribution is -0.0442. The third-order valence-electron chi connectivity index (χ3n) is 3.20. The normalized spacial score (nSPS) is 13.0. The number of nitrogens with one attached hydrogen (secondary N) is 1. The molecule has 0 aliphatic heterocycles. The molecule has 9 nitrogen and oxygen atoms in total. The number of amides is 1. The van der Waals surface area contributed by atoms with Crippen molar-refractivity contribution in [2.75, 3.05) is 46.2 Å². The summed E-state index contributed by atoms with van der Waals surface area (Å²) in [6, 6.07) is 0. The van der Waals surface area contributed by atoms with Gasteiger partial charge in [-0.25, -0.2) is 4.79 Å². The molecule has 11 heteroatoms. The monoisotopic (exact) mass is 427 g/mol. The number of hydrogen-bond acceptors (Lipinski definition) is 8. The van der Waals surface area contributed by atoms with E-state index in [-0.39, 0.29) is 0 Å². The molecule has 1 atom stereocenters. The molecule has 1 N–H and O–H groups in total. The quantitative estimate of drug-likeness (QED) is 0.352. The molecule has 0 saturated carbocycles. The first-order valence-electron chi connectivity index (χ1n) is 9.75. The number of alkyl carbamates (subject to hydrolysis) is 1. The Balaban J connectivity index is 5.27. The molecule has 0 saturated heterocycles. The second kappa shape index (κ2) is 16.4. The lowest BCUT2D eigenvalue weighted by Gasteiger charge is -2.33. The van der Waals surface area contributed by atoms with Crippen LogP contribution in [-0.2, 0) is 31.3 Å². The van der Waals surface area contributed by atoms with E-state index >= 15 is 0 Å². The Hall–Kier alpha value is -0.536. The fourth-order valence-corrected chi connectivity index (χ4v) is 6.85. The zero-order valence-corrected chi connectivity index (χ0v) is 19.7. The molecule has 0 fully saturated rings. The van der Waals surface area contributed by atoms with Crippen molar-refractivity contribution in [2.24, 2.45) is 0 Å². The van der Waals surface area contributed by atoms with E-state index in [0.29, 0.717) is 52.6 Å².